The molecule has 1 saturated carbocycles. The fourth-order valence-electron chi connectivity index (χ4n) is 4.72. The molecule has 3 heterocycles. The summed E-state index contributed by atoms with van der Waals surface area (Å²) in [5.41, 5.74) is 2.56. The zero-order chi connectivity index (χ0) is 24.1. The quantitative estimate of drug-likeness (QED) is 0.145. The normalized spacial score (nSPS) is 19.7. The molecular weight excluding hydrogens is 446 g/mol. The maximum absolute atomic E-state index is 9.44. The van der Waals surface area contributed by atoms with E-state index in [-0.39, 0.29) is 12.0 Å². The number of oxime groups is 1. The van der Waals surface area contributed by atoms with Crippen LogP contribution in [0.1, 0.15) is 31.7 Å². The van der Waals surface area contributed by atoms with E-state index in [0.29, 0.717) is 19.1 Å². The molecule has 0 aromatic carbocycles. The molecule has 34 heavy (non-hydrogen) atoms. The van der Waals surface area contributed by atoms with Crippen molar-refractivity contribution >= 4 is 25.3 Å². The molecule has 1 aliphatic carbocycles. The van der Waals surface area contributed by atoms with Gasteiger partial charge in [0.2, 0.25) is 0 Å². The van der Waals surface area contributed by atoms with Crippen LogP contribution in [0, 0.1) is 23.2 Å². The number of nitrogens with zero attached hydrogens (tertiary/aromatic N) is 7. The van der Waals surface area contributed by atoms with E-state index in [1.165, 1.54) is 0 Å². The van der Waals surface area contributed by atoms with Crippen molar-refractivity contribution < 1.29 is 9.94 Å². The fourth-order valence-corrected chi connectivity index (χ4v) is 5.48. The molecule has 3 aromatic rings. The highest BCUT2D eigenvalue weighted by atomic mass is 28.3. The first-order chi connectivity index (χ1) is 16.4. The van der Waals surface area contributed by atoms with Crippen molar-refractivity contribution in [3.8, 4) is 17.3 Å². The molecule has 3 atom stereocenters. The van der Waals surface area contributed by atoms with Gasteiger partial charge in [-0.3, -0.25) is 4.68 Å². The largest absolute Gasteiger partial charge is 0.411 e. The topological polar surface area (TPSA) is 114 Å². The van der Waals surface area contributed by atoms with Crippen LogP contribution in [-0.2, 0) is 11.5 Å². The monoisotopic (exact) mass is 479 g/mol. The van der Waals surface area contributed by atoms with Crippen molar-refractivity contribution in [3.63, 3.8) is 0 Å². The van der Waals surface area contributed by atoms with Gasteiger partial charge in [0.15, 0.2) is 0 Å². The Hall–Kier alpha value is -3.03. The van der Waals surface area contributed by atoms with Gasteiger partial charge in [-0.25, -0.2) is 9.97 Å². The summed E-state index contributed by atoms with van der Waals surface area (Å²) in [6.07, 6.45) is 12.2. The van der Waals surface area contributed by atoms with Gasteiger partial charge < -0.3 is 14.5 Å². The number of nitriles is 1. The zero-order valence-corrected chi connectivity index (χ0v) is 21.1. The van der Waals surface area contributed by atoms with Gasteiger partial charge in [-0.15, -0.1) is 5.16 Å². The van der Waals surface area contributed by atoms with Gasteiger partial charge in [0.1, 0.15) is 18.7 Å². The van der Waals surface area contributed by atoms with Crippen molar-refractivity contribution in [3.05, 3.63) is 31.0 Å². The Labute approximate surface area is 201 Å². The van der Waals surface area contributed by atoms with Gasteiger partial charge in [0.25, 0.3) is 0 Å². The summed E-state index contributed by atoms with van der Waals surface area (Å²) in [5.74, 6) is 0.565. The van der Waals surface area contributed by atoms with E-state index in [1.54, 1.807) is 12.5 Å². The second-order valence-corrected chi connectivity index (χ2v) is 16.0. The predicted molar refractivity (Wildman–Crippen MR) is 133 cm³/mol. The van der Waals surface area contributed by atoms with Gasteiger partial charge in [-0.1, -0.05) is 19.6 Å². The lowest BCUT2D eigenvalue weighted by atomic mass is 9.95. The molecule has 3 aromatic heterocycles. The van der Waals surface area contributed by atoms with E-state index < -0.39 is 8.07 Å². The van der Waals surface area contributed by atoms with Crippen LogP contribution in [-0.4, -0.2) is 50.4 Å². The highest BCUT2D eigenvalue weighted by Crippen LogP contribution is 2.39. The predicted octanol–water partition coefficient (Wildman–Crippen LogP) is 4.94. The van der Waals surface area contributed by atoms with Crippen LogP contribution in [0.25, 0.3) is 22.3 Å². The van der Waals surface area contributed by atoms with Crippen LogP contribution < -0.4 is 0 Å². The lowest BCUT2D eigenvalue weighted by molar-refractivity contribution is 0.0899. The second-order valence-electron chi connectivity index (χ2n) is 10.3. The fraction of sp³-hybridized carbons (Fsp3) is 0.542. The third-order valence-electron chi connectivity index (χ3n) is 6.63. The average Bonchev–Trinajstić information content (AvgIpc) is 3.55. The summed E-state index contributed by atoms with van der Waals surface area (Å²) in [6.45, 7) is 8.25. The average molecular weight is 480 g/mol. The minimum Gasteiger partial charge on any atom is -0.411 e. The Balaban J connectivity index is 1.52. The Morgan fingerprint density at radius 1 is 1.35 bits per heavy atom. The van der Waals surface area contributed by atoms with Crippen LogP contribution in [0.2, 0.25) is 25.7 Å². The van der Waals surface area contributed by atoms with E-state index in [9.17, 15) is 5.26 Å². The SMILES string of the molecule is C[Si](C)(C)CCOCn1ccc2c(-c3cnn(C(CC#N)C4CCC(C=NO)C4)c3)ncnc21. The molecule has 9 nitrogen and oxygen atoms in total. The molecule has 180 valence electrons. The molecule has 1 N–H and O–H groups in total. The van der Waals surface area contributed by atoms with E-state index in [1.807, 2.05) is 33.9 Å². The summed E-state index contributed by atoms with van der Waals surface area (Å²) in [5, 5.41) is 27.1. The number of aromatic nitrogens is 5. The number of hydrogen-bond acceptors (Lipinski definition) is 7. The first-order valence-corrected chi connectivity index (χ1v) is 15.6. The molecule has 3 unspecified atom stereocenters. The molecule has 0 bridgehead atoms. The Morgan fingerprint density at radius 2 is 2.21 bits per heavy atom. The first kappa shape index (κ1) is 24.1. The van der Waals surface area contributed by atoms with Crippen molar-refractivity contribution in [2.75, 3.05) is 6.61 Å². The van der Waals surface area contributed by atoms with Gasteiger partial charge >= 0.3 is 0 Å². The molecule has 4 rings (SSSR count). The molecule has 10 heteroatoms. The summed E-state index contributed by atoms with van der Waals surface area (Å²) in [4.78, 5) is 9.04. The Bertz CT molecular complexity index is 1170. The minimum atomic E-state index is -1.12. The van der Waals surface area contributed by atoms with Crippen molar-refractivity contribution in [1.29, 1.82) is 5.26 Å². The van der Waals surface area contributed by atoms with Crippen LogP contribution in [0.15, 0.2) is 36.1 Å². The number of fused-ring (bicyclic) bond motifs is 1. The molecule has 0 amide bonds. The van der Waals surface area contributed by atoms with Crippen LogP contribution >= 0.6 is 0 Å². The van der Waals surface area contributed by atoms with E-state index >= 15 is 0 Å². The summed E-state index contributed by atoms with van der Waals surface area (Å²) in [6, 6.07) is 5.45. The molecule has 1 fully saturated rings. The Kier molecular flexibility index (Phi) is 7.43. The van der Waals surface area contributed by atoms with Crippen molar-refractivity contribution in [2.24, 2.45) is 17.0 Å². The highest BCUT2D eigenvalue weighted by molar-refractivity contribution is 6.76. The highest BCUT2D eigenvalue weighted by Gasteiger charge is 2.32. The lowest BCUT2D eigenvalue weighted by Gasteiger charge is -2.21. The van der Waals surface area contributed by atoms with Crippen LogP contribution in [0.4, 0.5) is 0 Å². The molecule has 0 saturated heterocycles. The maximum Gasteiger partial charge on any atom is 0.145 e. The number of hydrogen-bond donors (Lipinski definition) is 1. The molecule has 0 aliphatic heterocycles. The van der Waals surface area contributed by atoms with Gasteiger partial charge in [0, 0.05) is 44.2 Å². The minimum absolute atomic E-state index is 0.0162. The number of rotatable bonds is 10. The van der Waals surface area contributed by atoms with E-state index in [0.717, 1.165) is 54.2 Å². The van der Waals surface area contributed by atoms with E-state index in [2.05, 4.69) is 45.9 Å². The van der Waals surface area contributed by atoms with Crippen LogP contribution in [0.3, 0.4) is 0 Å². The molecule has 0 spiro atoms. The standard InChI is InChI=1S/C24H33N7O2Si/c1-34(2,3)11-10-33-17-30-9-7-21-23(26-16-27-24(21)30)20-14-28-31(15-20)22(6-8-25)19-5-4-18(12-19)13-29-32/h7,9,13-16,18-19,22,32H,4-6,10-12,17H2,1-3H3. The molecular formula is C24H33N7O2Si. The van der Waals surface area contributed by atoms with Gasteiger partial charge in [-0.2, -0.15) is 10.4 Å². The van der Waals surface area contributed by atoms with Crippen molar-refractivity contribution in [1.82, 2.24) is 24.3 Å². The number of ether oxygens (including phenoxy) is 1. The van der Waals surface area contributed by atoms with Crippen LogP contribution in [0.5, 0.6) is 0 Å². The lowest BCUT2D eigenvalue weighted by Crippen LogP contribution is -2.22. The molecule has 0 radical (unpaired) electrons. The maximum atomic E-state index is 9.44. The van der Waals surface area contributed by atoms with Gasteiger partial charge in [0.05, 0.1) is 30.4 Å². The summed E-state index contributed by atoms with van der Waals surface area (Å²) in [7, 11) is -1.12. The third kappa shape index (κ3) is 5.54. The summed E-state index contributed by atoms with van der Waals surface area (Å²) >= 11 is 0. The Morgan fingerprint density at radius 3 is 2.97 bits per heavy atom. The molecule has 1 aliphatic rings. The summed E-state index contributed by atoms with van der Waals surface area (Å²) < 4.78 is 9.84. The second kappa shape index (κ2) is 10.5. The van der Waals surface area contributed by atoms with Crippen molar-refractivity contribution in [2.45, 2.75) is 64.1 Å². The smallest absolute Gasteiger partial charge is 0.145 e. The van der Waals surface area contributed by atoms with Gasteiger partial charge in [-0.05, 0) is 43.2 Å². The zero-order valence-electron chi connectivity index (χ0n) is 20.1. The van der Waals surface area contributed by atoms with E-state index in [4.69, 9.17) is 9.94 Å². The first-order valence-electron chi connectivity index (χ1n) is 11.9. The third-order valence-corrected chi connectivity index (χ3v) is 8.34.